The minimum atomic E-state index is -1.13. The molecule has 0 aromatic heterocycles. The van der Waals surface area contributed by atoms with E-state index in [4.69, 9.17) is 0 Å². The summed E-state index contributed by atoms with van der Waals surface area (Å²) in [6.07, 6.45) is 0. The standard InChI is InChI=1S/C8H11NO4/c1-8(2)5(10)4(6(11)13-3)9-7(8)12/h4H,1-3H3,(H,9,12). The smallest absolute Gasteiger partial charge is 0.336 e. The van der Waals surface area contributed by atoms with Crippen LogP contribution in [0.25, 0.3) is 0 Å². The van der Waals surface area contributed by atoms with E-state index in [0.717, 1.165) is 0 Å². The third-order valence-electron chi connectivity index (χ3n) is 2.16. The third kappa shape index (κ3) is 1.30. The van der Waals surface area contributed by atoms with Gasteiger partial charge in [-0.3, -0.25) is 9.59 Å². The van der Waals surface area contributed by atoms with Gasteiger partial charge in [-0.15, -0.1) is 0 Å². The summed E-state index contributed by atoms with van der Waals surface area (Å²) in [5.41, 5.74) is -1.13. The molecule has 1 aliphatic heterocycles. The number of carbonyl (C=O) groups excluding carboxylic acids is 3. The van der Waals surface area contributed by atoms with Crippen molar-refractivity contribution in [3.05, 3.63) is 0 Å². The summed E-state index contributed by atoms with van der Waals surface area (Å²) in [6.45, 7) is 2.96. The Hall–Kier alpha value is -1.39. The van der Waals surface area contributed by atoms with Gasteiger partial charge < -0.3 is 10.1 Å². The molecule has 1 atom stereocenters. The van der Waals surface area contributed by atoms with E-state index in [1.807, 2.05) is 0 Å². The van der Waals surface area contributed by atoms with Gasteiger partial charge in [0, 0.05) is 0 Å². The molecular formula is C8H11NO4. The van der Waals surface area contributed by atoms with E-state index in [0.29, 0.717) is 0 Å². The van der Waals surface area contributed by atoms with Crippen LogP contribution >= 0.6 is 0 Å². The van der Waals surface area contributed by atoms with Crippen LogP contribution < -0.4 is 5.32 Å². The molecule has 13 heavy (non-hydrogen) atoms. The number of Topliss-reactive ketones (excluding diaryl/α,β-unsaturated/α-hetero) is 1. The van der Waals surface area contributed by atoms with Crippen LogP contribution in [0.4, 0.5) is 0 Å². The number of hydrogen-bond acceptors (Lipinski definition) is 4. The third-order valence-corrected chi connectivity index (χ3v) is 2.16. The van der Waals surface area contributed by atoms with Crippen molar-refractivity contribution in [2.75, 3.05) is 7.11 Å². The fourth-order valence-corrected chi connectivity index (χ4v) is 1.13. The Morgan fingerprint density at radius 3 is 2.31 bits per heavy atom. The Morgan fingerprint density at radius 2 is 2.00 bits per heavy atom. The lowest BCUT2D eigenvalue weighted by molar-refractivity contribution is -0.146. The number of amides is 1. The normalized spacial score (nSPS) is 25.6. The first kappa shape index (κ1) is 9.70. The number of methoxy groups -OCH3 is 1. The molecule has 1 unspecified atom stereocenters. The fourth-order valence-electron chi connectivity index (χ4n) is 1.13. The number of ketones is 1. The van der Waals surface area contributed by atoms with Crippen molar-refractivity contribution in [1.82, 2.24) is 5.32 Å². The Bertz CT molecular complexity index is 282. The van der Waals surface area contributed by atoms with Crippen molar-refractivity contribution in [1.29, 1.82) is 0 Å². The number of nitrogens with one attached hydrogen (secondary N) is 1. The van der Waals surface area contributed by atoms with E-state index >= 15 is 0 Å². The Labute approximate surface area is 75.4 Å². The van der Waals surface area contributed by atoms with Gasteiger partial charge >= 0.3 is 5.97 Å². The summed E-state index contributed by atoms with van der Waals surface area (Å²) in [5, 5.41) is 2.28. The maximum absolute atomic E-state index is 11.5. The second-order valence-corrected chi connectivity index (χ2v) is 3.42. The van der Waals surface area contributed by atoms with Gasteiger partial charge in [0.2, 0.25) is 5.91 Å². The lowest BCUT2D eigenvalue weighted by Gasteiger charge is -2.10. The fraction of sp³-hybridized carbons (Fsp3) is 0.625. The molecule has 1 N–H and O–H groups in total. The Balaban J connectivity index is 2.92. The molecule has 1 rings (SSSR count). The van der Waals surface area contributed by atoms with Crippen LogP contribution in [-0.2, 0) is 19.1 Å². The molecule has 1 aliphatic rings. The summed E-state index contributed by atoms with van der Waals surface area (Å²) in [4.78, 5) is 33.7. The van der Waals surface area contributed by atoms with Crippen molar-refractivity contribution < 1.29 is 19.1 Å². The van der Waals surface area contributed by atoms with Crippen LogP contribution in [0, 0.1) is 5.41 Å². The summed E-state index contributed by atoms with van der Waals surface area (Å²) in [7, 11) is 1.17. The molecule has 1 amide bonds. The zero-order valence-electron chi connectivity index (χ0n) is 7.71. The van der Waals surface area contributed by atoms with Crippen LogP contribution in [-0.4, -0.2) is 30.8 Å². The Kier molecular flexibility index (Phi) is 2.11. The van der Waals surface area contributed by atoms with E-state index in [1.165, 1.54) is 21.0 Å². The minimum absolute atomic E-state index is 0.437. The first-order valence-corrected chi connectivity index (χ1v) is 3.84. The number of ether oxygens (including phenoxy) is 1. The minimum Gasteiger partial charge on any atom is -0.467 e. The quantitative estimate of drug-likeness (QED) is 0.431. The topological polar surface area (TPSA) is 72.5 Å². The van der Waals surface area contributed by atoms with Crippen molar-refractivity contribution in [3.63, 3.8) is 0 Å². The molecule has 0 aromatic rings. The number of carbonyl (C=O) groups is 3. The van der Waals surface area contributed by atoms with E-state index < -0.39 is 29.1 Å². The monoisotopic (exact) mass is 185 g/mol. The summed E-state index contributed by atoms with van der Waals surface area (Å²) in [6, 6.07) is -1.13. The lowest BCUT2D eigenvalue weighted by Crippen LogP contribution is -2.38. The van der Waals surface area contributed by atoms with E-state index in [-0.39, 0.29) is 0 Å². The second kappa shape index (κ2) is 2.83. The summed E-state index contributed by atoms with van der Waals surface area (Å²) >= 11 is 0. The van der Waals surface area contributed by atoms with Gasteiger partial charge in [-0.2, -0.15) is 0 Å². The largest absolute Gasteiger partial charge is 0.467 e. The van der Waals surface area contributed by atoms with E-state index in [2.05, 4.69) is 10.1 Å². The first-order valence-electron chi connectivity index (χ1n) is 3.84. The number of hydrogen-bond donors (Lipinski definition) is 1. The average Bonchev–Trinajstić information content (AvgIpc) is 2.28. The highest BCUT2D eigenvalue weighted by atomic mass is 16.5. The zero-order valence-corrected chi connectivity index (χ0v) is 7.71. The van der Waals surface area contributed by atoms with Crippen molar-refractivity contribution >= 4 is 17.7 Å². The zero-order chi connectivity index (χ0) is 10.2. The van der Waals surface area contributed by atoms with Crippen molar-refractivity contribution in [2.45, 2.75) is 19.9 Å². The molecule has 0 aromatic carbocycles. The molecule has 5 heteroatoms. The molecule has 0 saturated carbocycles. The van der Waals surface area contributed by atoms with Crippen LogP contribution in [0.3, 0.4) is 0 Å². The van der Waals surface area contributed by atoms with Crippen LogP contribution in [0.1, 0.15) is 13.8 Å². The molecule has 0 spiro atoms. The molecule has 1 saturated heterocycles. The average molecular weight is 185 g/mol. The second-order valence-electron chi connectivity index (χ2n) is 3.42. The molecule has 1 fully saturated rings. The summed E-state index contributed by atoms with van der Waals surface area (Å²) in [5.74, 6) is -1.60. The first-order chi connectivity index (χ1) is 5.91. The molecule has 72 valence electrons. The highest BCUT2D eigenvalue weighted by Crippen LogP contribution is 2.25. The van der Waals surface area contributed by atoms with Crippen LogP contribution in [0.5, 0.6) is 0 Å². The number of esters is 1. The Morgan fingerprint density at radius 1 is 1.46 bits per heavy atom. The maximum atomic E-state index is 11.5. The highest BCUT2D eigenvalue weighted by Gasteiger charge is 2.51. The van der Waals surface area contributed by atoms with Gasteiger partial charge in [-0.05, 0) is 13.8 Å². The molecule has 0 radical (unpaired) electrons. The SMILES string of the molecule is COC(=O)C1NC(=O)C(C)(C)C1=O. The lowest BCUT2D eigenvalue weighted by atomic mass is 9.88. The van der Waals surface area contributed by atoms with E-state index in [9.17, 15) is 14.4 Å². The van der Waals surface area contributed by atoms with Crippen LogP contribution in [0.15, 0.2) is 0 Å². The molecular weight excluding hydrogens is 174 g/mol. The van der Waals surface area contributed by atoms with Crippen LogP contribution in [0.2, 0.25) is 0 Å². The van der Waals surface area contributed by atoms with E-state index in [1.54, 1.807) is 0 Å². The van der Waals surface area contributed by atoms with Gasteiger partial charge in [-0.25, -0.2) is 4.79 Å². The van der Waals surface area contributed by atoms with Crippen molar-refractivity contribution in [2.24, 2.45) is 5.41 Å². The van der Waals surface area contributed by atoms with Gasteiger partial charge in [0.1, 0.15) is 5.41 Å². The highest BCUT2D eigenvalue weighted by molar-refractivity contribution is 6.21. The molecule has 0 bridgehead atoms. The molecule has 1 heterocycles. The number of rotatable bonds is 1. The van der Waals surface area contributed by atoms with Gasteiger partial charge in [0.15, 0.2) is 11.8 Å². The predicted octanol–water partition coefficient (Wildman–Crippen LogP) is -0.747. The maximum Gasteiger partial charge on any atom is 0.336 e. The van der Waals surface area contributed by atoms with Gasteiger partial charge in [0.25, 0.3) is 0 Å². The predicted molar refractivity (Wildman–Crippen MR) is 42.7 cm³/mol. The molecule has 5 nitrogen and oxygen atoms in total. The van der Waals surface area contributed by atoms with Gasteiger partial charge in [0.05, 0.1) is 7.11 Å². The van der Waals surface area contributed by atoms with Crippen molar-refractivity contribution in [3.8, 4) is 0 Å². The van der Waals surface area contributed by atoms with Gasteiger partial charge in [-0.1, -0.05) is 0 Å². The summed E-state index contributed by atoms with van der Waals surface area (Å²) < 4.78 is 4.37. The molecule has 0 aliphatic carbocycles.